The molecule has 0 atom stereocenters. The molecule has 2 aromatic carbocycles. The molecule has 0 unspecified atom stereocenters. The molecule has 9 heteroatoms. The second kappa shape index (κ2) is 8.52. The lowest BCUT2D eigenvalue weighted by Gasteiger charge is -2.35. The minimum Gasteiger partial charge on any atom is -0.494 e. The first-order chi connectivity index (χ1) is 13.9. The van der Waals surface area contributed by atoms with Gasteiger partial charge >= 0.3 is 6.03 Å². The number of anilines is 2. The molecule has 0 saturated carbocycles. The molecule has 3 amide bonds. The van der Waals surface area contributed by atoms with Gasteiger partial charge < -0.3 is 10.1 Å². The van der Waals surface area contributed by atoms with Gasteiger partial charge in [-0.3, -0.25) is 9.69 Å². The zero-order valence-corrected chi connectivity index (χ0v) is 17.1. The number of amides is 3. The van der Waals surface area contributed by atoms with Crippen LogP contribution < -0.4 is 19.3 Å². The van der Waals surface area contributed by atoms with Gasteiger partial charge in [0, 0.05) is 6.54 Å². The second-order valence-electron chi connectivity index (χ2n) is 6.38. The third kappa shape index (κ3) is 4.04. The zero-order valence-electron chi connectivity index (χ0n) is 16.3. The molecule has 1 aliphatic heterocycles. The summed E-state index contributed by atoms with van der Waals surface area (Å²) in [5.74, 6) is 0.204. The molecule has 0 fully saturated rings. The van der Waals surface area contributed by atoms with Crippen LogP contribution in [0.2, 0.25) is 0 Å². The minimum atomic E-state index is -4.13. The molecule has 0 spiro atoms. The third-order valence-corrected chi connectivity index (χ3v) is 6.08. The van der Waals surface area contributed by atoms with E-state index >= 15 is 0 Å². The van der Waals surface area contributed by atoms with Crippen LogP contribution in [0, 0.1) is 0 Å². The molecule has 8 nitrogen and oxygen atoms in total. The van der Waals surface area contributed by atoms with E-state index < -0.39 is 16.1 Å². The Morgan fingerprint density at radius 1 is 1.07 bits per heavy atom. The van der Waals surface area contributed by atoms with E-state index in [4.69, 9.17) is 4.74 Å². The van der Waals surface area contributed by atoms with Gasteiger partial charge in [-0.1, -0.05) is 19.1 Å². The largest absolute Gasteiger partial charge is 0.494 e. The van der Waals surface area contributed by atoms with Gasteiger partial charge in [0.05, 0.1) is 18.0 Å². The van der Waals surface area contributed by atoms with E-state index in [2.05, 4.69) is 5.32 Å². The number of benzene rings is 2. The Kier molecular flexibility index (Phi) is 6.07. The first kappa shape index (κ1) is 20.7. The summed E-state index contributed by atoms with van der Waals surface area (Å²) in [6.07, 6.45) is 0.753. The zero-order chi connectivity index (χ0) is 21.0. The van der Waals surface area contributed by atoms with Crippen LogP contribution in [-0.2, 0) is 14.8 Å². The Morgan fingerprint density at radius 3 is 2.41 bits per heavy atom. The topological polar surface area (TPSA) is 96.0 Å². The maximum Gasteiger partial charge on any atom is 0.343 e. The first-order valence-corrected chi connectivity index (χ1v) is 10.8. The molecule has 0 radical (unpaired) electrons. The highest BCUT2D eigenvalue weighted by atomic mass is 32.2. The van der Waals surface area contributed by atoms with Gasteiger partial charge in [-0.05, 0) is 49.7 Å². The fraction of sp³-hybridized carbons (Fsp3) is 0.300. The SMILES string of the molecule is CCCNC(=O)CN1C(=O)N(c2ccc(OCC)cc2)S(=O)(=O)c2ccccc21. The molecule has 29 heavy (non-hydrogen) atoms. The maximum absolute atomic E-state index is 13.2. The summed E-state index contributed by atoms with van der Waals surface area (Å²) in [4.78, 5) is 26.6. The van der Waals surface area contributed by atoms with Crippen molar-refractivity contribution in [2.75, 3.05) is 28.9 Å². The monoisotopic (exact) mass is 417 g/mol. The summed E-state index contributed by atoms with van der Waals surface area (Å²) in [5, 5.41) is 2.71. The molecule has 0 bridgehead atoms. The molecular formula is C20H23N3O5S. The number of carbonyl (C=O) groups excluding carboxylic acids is 2. The van der Waals surface area contributed by atoms with Crippen LogP contribution in [0.1, 0.15) is 20.3 Å². The summed E-state index contributed by atoms with van der Waals surface area (Å²) in [6.45, 7) is 4.42. The van der Waals surface area contributed by atoms with Crippen molar-refractivity contribution in [3.8, 4) is 5.75 Å². The molecule has 2 aromatic rings. The van der Waals surface area contributed by atoms with Gasteiger partial charge in [0.25, 0.3) is 10.0 Å². The number of hydrogen-bond acceptors (Lipinski definition) is 5. The van der Waals surface area contributed by atoms with Crippen molar-refractivity contribution in [1.29, 1.82) is 0 Å². The molecule has 3 rings (SSSR count). The number of carbonyl (C=O) groups is 2. The molecule has 1 N–H and O–H groups in total. The van der Waals surface area contributed by atoms with E-state index in [0.29, 0.717) is 18.9 Å². The Labute approximate surface area is 170 Å². The number of para-hydroxylation sites is 1. The van der Waals surface area contributed by atoms with Gasteiger partial charge in [-0.25, -0.2) is 13.2 Å². The van der Waals surface area contributed by atoms with Gasteiger partial charge in [0.2, 0.25) is 5.91 Å². The van der Waals surface area contributed by atoms with E-state index in [1.165, 1.54) is 29.2 Å². The number of ether oxygens (including phenoxy) is 1. The highest BCUT2D eigenvalue weighted by Gasteiger charge is 2.42. The highest BCUT2D eigenvalue weighted by molar-refractivity contribution is 7.94. The Hall–Kier alpha value is -3.07. The van der Waals surface area contributed by atoms with Gasteiger partial charge in [-0.2, -0.15) is 4.31 Å². The number of hydrogen-bond donors (Lipinski definition) is 1. The fourth-order valence-electron chi connectivity index (χ4n) is 3.02. The third-order valence-electron chi connectivity index (χ3n) is 4.34. The molecule has 0 saturated heterocycles. The summed E-state index contributed by atoms with van der Waals surface area (Å²) >= 11 is 0. The summed E-state index contributed by atoms with van der Waals surface area (Å²) in [7, 11) is -4.13. The number of urea groups is 1. The van der Waals surface area contributed by atoms with Crippen molar-refractivity contribution in [2.24, 2.45) is 0 Å². The number of nitrogens with one attached hydrogen (secondary N) is 1. The van der Waals surface area contributed by atoms with E-state index in [1.54, 1.807) is 24.3 Å². The smallest absolute Gasteiger partial charge is 0.343 e. The van der Waals surface area contributed by atoms with Crippen LogP contribution in [0.25, 0.3) is 0 Å². The number of rotatable bonds is 7. The fourth-order valence-corrected chi connectivity index (χ4v) is 4.62. The van der Waals surface area contributed by atoms with Crippen LogP contribution >= 0.6 is 0 Å². The van der Waals surface area contributed by atoms with Gasteiger partial charge in [0.1, 0.15) is 17.2 Å². The molecule has 1 aliphatic rings. The lowest BCUT2D eigenvalue weighted by atomic mass is 10.2. The predicted molar refractivity (Wildman–Crippen MR) is 110 cm³/mol. The minimum absolute atomic E-state index is 0.0308. The van der Waals surface area contributed by atoms with E-state index in [1.807, 2.05) is 13.8 Å². The number of nitrogens with zero attached hydrogens (tertiary/aromatic N) is 2. The van der Waals surface area contributed by atoms with E-state index in [0.717, 1.165) is 10.7 Å². The summed E-state index contributed by atoms with van der Waals surface area (Å²) < 4.78 is 32.5. The molecule has 0 aliphatic carbocycles. The van der Waals surface area contributed by atoms with Crippen LogP contribution in [0.3, 0.4) is 0 Å². The Bertz CT molecular complexity index is 1010. The van der Waals surface area contributed by atoms with Crippen LogP contribution in [0.5, 0.6) is 5.75 Å². The number of sulfonamides is 1. The molecule has 0 aromatic heterocycles. The Morgan fingerprint density at radius 2 is 1.76 bits per heavy atom. The second-order valence-corrected chi connectivity index (χ2v) is 8.14. The van der Waals surface area contributed by atoms with Crippen molar-refractivity contribution >= 4 is 33.3 Å². The van der Waals surface area contributed by atoms with Crippen LogP contribution in [0.4, 0.5) is 16.2 Å². The van der Waals surface area contributed by atoms with E-state index in [9.17, 15) is 18.0 Å². The molecular weight excluding hydrogens is 394 g/mol. The first-order valence-electron chi connectivity index (χ1n) is 9.35. The lowest BCUT2D eigenvalue weighted by Crippen LogP contribution is -2.53. The average Bonchev–Trinajstić information content (AvgIpc) is 2.71. The van der Waals surface area contributed by atoms with Gasteiger partial charge in [0.15, 0.2) is 0 Å². The normalized spacial score (nSPS) is 15.0. The van der Waals surface area contributed by atoms with Gasteiger partial charge in [-0.15, -0.1) is 0 Å². The highest BCUT2D eigenvalue weighted by Crippen LogP contribution is 2.37. The quantitative estimate of drug-likeness (QED) is 0.747. The van der Waals surface area contributed by atoms with Crippen molar-refractivity contribution in [2.45, 2.75) is 25.2 Å². The summed E-state index contributed by atoms with van der Waals surface area (Å²) in [5.41, 5.74) is 0.359. The molecule has 154 valence electrons. The Balaban J connectivity index is 2.03. The van der Waals surface area contributed by atoms with Crippen LogP contribution in [-0.4, -0.2) is 40.1 Å². The summed E-state index contributed by atoms with van der Waals surface area (Å²) in [6, 6.07) is 11.6. The van der Waals surface area contributed by atoms with Crippen molar-refractivity contribution in [1.82, 2.24) is 5.32 Å². The number of fused-ring (bicyclic) bond motifs is 1. The van der Waals surface area contributed by atoms with E-state index in [-0.39, 0.29) is 28.7 Å². The van der Waals surface area contributed by atoms with Crippen LogP contribution in [0.15, 0.2) is 53.4 Å². The van der Waals surface area contributed by atoms with Crippen molar-refractivity contribution < 1.29 is 22.7 Å². The molecule has 1 heterocycles. The lowest BCUT2D eigenvalue weighted by molar-refractivity contribution is -0.119. The average molecular weight is 417 g/mol. The van der Waals surface area contributed by atoms with Crippen molar-refractivity contribution in [3.05, 3.63) is 48.5 Å². The predicted octanol–water partition coefficient (Wildman–Crippen LogP) is 2.75. The standard InChI is InChI=1S/C20H23N3O5S/c1-3-13-21-19(24)14-22-17-7-5-6-8-18(17)29(26,27)23(20(22)25)15-9-11-16(12-10-15)28-4-2/h5-12H,3-4,13-14H2,1-2H3,(H,21,24). The van der Waals surface area contributed by atoms with Crippen molar-refractivity contribution in [3.63, 3.8) is 0 Å². The maximum atomic E-state index is 13.2.